The van der Waals surface area contributed by atoms with Crippen LogP contribution in [-0.4, -0.2) is 99.5 Å². The van der Waals surface area contributed by atoms with E-state index in [9.17, 15) is 18.3 Å². The van der Waals surface area contributed by atoms with Crippen molar-refractivity contribution in [3.05, 3.63) is 77.9 Å². The molecule has 2 N–H and O–H groups in total. The molecule has 0 aliphatic carbocycles. The number of benzene rings is 3. The van der Waals surface area contributed by atoms with Crippen molar-refractivity contribution in [1.29, 1.82) is 0 Å². The van der Waals surface area contributed by atoms with Crippen molar-refractivity contribution < 1.29 is 46.7 Å². The van der Waals surface area contributed by atoms with E-state index in [4.69, 9.17) is 28.4 Å². The molecule has 0 unspecified atom stereocenters. The summed E-state index contributed by atoms with van der Waals surface area (Å²) < 4.78 is 63.1. The Morgan fingerprint density at radius 1 is 0.943 bits per heavy atom. The summed E-state index contributed by atoms with van der Waals surface area (Å²) in [5.74, 6) is 2.04. The maximum absolute atomic E-state index is 14.0. The Bertz CT molecular complexity index is 1800. The molecule has 4 heterocycles. The molecule has 4 aliphatic rings. The van der Waals surface area contributed by atoms with Gasteiger partial charge >= 0.3 is 6.09 Å². The van der Waals surface area contributed by atoms with E-state index in [0.717, 1.165) is 30.9 Å². The smallest absolute Gasteiger partial charge is 0.407 e. The van der Waals surface area contributed by atoms with Gasteiger partial charge in [0.15, 0.2) is 17.8 Å². The van der Waals surface area contributed by atoms with E-state index in [1.807, 2.05) is 50.2 Å². The van der Waals surface area contributed by atoms with E-state index in [2.05, 4.69) is 22.3 Å². The number of nitrogens with one attached hydrogen (secondary N) is 1. The summed E-state index contributed by atoms with van der Waals surface area (Å²) in [6.07, 6.45) is 0.503. The Hall–Kier alpha value is -3.92. The second-order valence-electron chi connectivity index (χ2n) is 14.6. The molecule has 3 aromatic carbocycles. The highest BCUT2D eigenvalue weighted by Crippen LogP contribution is 2.35. The molecule has 0 saturated carbocycles. The van der Waals surface area contributed by atoms with Crippen LogP contribution in [0.15, 0.2) is 71.6 Å². The predicted molar refractivity (Wildman–Crippen MR) is 194 cm³/mol. The number of carbonyl (C=O) groups is 1. The standard InChI is InChI=1S/C39H49N3O10S/c1-26(2)21-42(53(45,46)31-13-14-35-36(20-31)50-25-49-35)23-34(43)33(40-39(44)52-37-24-48-38-32(37)15-18-47-38)19-27-5-9-29(10-6-27)51-30-11-7-28(8-12-30)22-41-16-3-4-17-41/h5-14,20,26,32-34,37-38,43H,3-4,15-19,21-25H2,1-2H3,(H,40,44)/t32-,33-,34+,37-,38+/m0/s1. The van der Waals surface area contributed by atoms with E-state index in [1.54, 1.807) is 6.07 Å². The number of fused-ring (bicyclic) bond motifs is 2. The number of amides is 1. The van der Waals surface area contributed by atoms with Gasteiger partial charge in [0.05, 0.1) is 36.2 Å². The fourth-order valence-electron chi connectivity index (χ4n) is 7.30. The highest BCUT2D eigenvalue weighted by atomic mass is 32.2. The van der Waals surface area contributed by atoms with Crippen molar-refractivity contribution >= 4 is 16.1 Å². The van der Waals surface area contributed by atoms with Crippen LogP contribution in [0.2, 0.25) is 0 Å². The maximum Gasteiger partial charge on any atom is 0.407 e. The highest BCUT2D eigenvalue weighted by Gasteiger charge is 2.44. The van der Waals surface area contributed by atoms with E-state index in [1.165, 1.54) is 34.8 Å². The van der Waals surface area contributed by atoms with Crippen LogP contribution in [0.4, 0.5) is 4.79 Å². The number of likely N-dealkylation sites (tertiary alicyclic amines) is 1. The van der Waals surface area contributed by atoms with Crippen LogP contribution in [0, 0.1) is 11.8 Å². The number of aliphatic hydroxyl groups excluding tert-OH is 1. The van der Waals surface area contributed by atoms with Crippen LogP contribution in [0.5, 0.6) is 23.0 Å². The minimum absolute atomic E-state index is 0.0112. The molecular weight excluding hydrogens is 703 g/mol. The van der Waals surface area contributed by atoms with Crippen LogP contribution in [0.3, 0.4) is 0 Å². The van der Waals surface area contributed by atoms with Gasteiger partial charge in [-0.05, 0) is 92.2 Å². The third-order valence-corrected chi connectivity index (χ3v) is 11.9. The lowest BCUT2D eigenvalue weighted by Crippen LogP contribution is -2.51. The van der Waals surface area contributed by atoms with Gasteiger partial charge in [-0.2, -0.15) is 4.31 Å². The summed E-state index contributed by atoms with van der Waals surface area (Å²) in [6, 6.07) is 19.1. The highest BCUT2D eigenvalue weighted by molar-refractivity contribution is 7.89. The van der Waals surface area contributed by atoms with Crippen molar-refractivity contribution in [2.75, 3.05) is 46.2 Å². The fraction of sp³-hybridized carbons (Fsp3) is 0.513. The molecule has 0 bridgehead atoms. The van der Waals surface area contributed by atoms with Crippen LogP contribution >= 0.6 is 0 Å². The summed E-state index contributed by atoms with van der Waals surface area (Å²) in [6.45, 7) is 7.64. The van der Waals surface area contributed by atoms with Gasteiger partial charge in [-0.25, -0.2) is 13.2 Å². The van der Waals surface area contributed by atoms with Gasteiger partial charge in [-0.15, -0.1) is 0 Å². The number of hydrogen-bond acceptors (Lipinski definition) is 11. The van der Waals surface area contributed by atoms with E-state index in [0.29, 0.717) is 30.3 Å². The molecule has 0 spiro atoms. The molecule has 3 saturated heterocycles. The number of hydrogen-bond donors (Lipinski definition) is 2. The number of aliphatic hydroxyl groups is 1. The Morgan fingerprint density at radius 3 is 2.36 bits per heavy atom. The van der Waals surface area contributed by atoms with E-state index in [-0.39, 0.29) is 49.6 Å². The normalized spacial score (nSPS) is 22.2. The minimum Gasteiger partial charge on any atom is -0.457 e. The number of nitrogens with zero attached hydrogens (tertiary/aromatic N) is 2. The van der Waals surface area contributed by atoms with Crippen molar-refractivity contribution in [2.24, 2.45) is 11.8 Å². The summed E-state index contributed by atoms with van der Waals surface area (Å²) in [7, 11) is -4.08. The molecule has 4 aliphatic heterocycles. The van der Waals surface area contributed by atoms with Crippen LogP contribution in [-0.2, 0) is 37.2 Å². The van der Waals surface area contributed by atoms with Gasteiger partial charge in [-0.3, -0.25) is 4.90 Å². The van der Waals surface area contributed by atoms with Gasteiger partial charge in [0.25, 0.3) is 0 Å². The first-order valence-corrected chi connectivity index (χ1v) is 19.9. The van der Waals surface area contributed by atoms with Crippen molar-refractivity contribution in [2.45, 2.75) is 75.5 Å². The average molecular weight is 752 g/mol. The molecule has 3 fully saturated rings. The third-order valence-electron chi connectivity index (χ3n) is 10.1. The SMILES string of the molecule is CC(C)CN(C[C@@H](O)[C@H](Cc1ccc(Oc2ccc(CN3CCCC3)cc2)cc1)NC(=O)O[C@H]1CO[C@H]2OCC[C@H]21)S(=O)(=O)c1ccc2c(c1)OCO2. The number of carbonyl (C=O) groups excluding carboxylic acids is 1. The van der Waals surface area contributed by atoms with E-state index < -0.39 is 40.7 Å². The number of alkyl carbamates (subject to hydrolysis) is 1. The fourth-order valence-corrected chi connectivity index (χ4v) is 8.94. The van der Waals surface area contributed by atoms with Crippen LogP contribution in [0.1, 0.15) is 44.2 Å². The Kier molecular flexibility index (Phi) is 11.7. The summed E-state index contributed by atoms with van der Waals surface area (Å²) in [5, 5.41) is 14.6. The minimum atomic E-state index is -4.08. The molecule has 286 valence electrons. The zero-order valence-corrected chi connectivity index (χ0v) is 31.0. The molecule has 0 aromatic heterocycles. The first-order valence-electron chi connectivity index (χ1n) is 18.5. The monoisotopic (exact) mass is 751 g/mol. The lowest BCUT2D eigenvalue weighted by molar-refractivity contribution is -0.0907. The second kappa shape index (κ2) is 16.6. The number of rotatable bonds is 15. The van der Waals surface area contributed by atoms with Crippen molar-refractivity contribution in [3.63, 3.8) is 0 Å². The summed E-state index contributed by atoms with van der Waals surface area (Å²) in [4.78, 5) is 15.8. The molecule has 1 amide bonds. The van der Waals surface area contributed by atoms with Gasteiger partial charge < -0.3 is 38.8 Å². The molecule has 13 nitrogen and oxygen atoms in total. The molecule has 53 heavy (non-hydrogen) atoms. The van der Waals surface area contributed by atoms with E-state index >= 15 is 0 Å². The zero-order valence-electron chi connectivity index (χ0n) is 30.2. The zero-order chi connectivity index (χ0) is 37.0. The lowest BCUT2D eigenvalue weighted by Gasteiger charge is -2.31. The summed E-state index contributed by atoms with van der Waals surface area (Å²) >= 11 is 0. The van der Waals surface area contributed by atoms with Crippen LogP contribution < -0.4 is 19.5 Å². The maximum atomic E-state index is 14.0. The Morgan fingerprint density at radius 2 is 1.64 bits per heavy atom. The first-order chi connectivity index (χ1) is 25.6. The van der Waals surface area contributed by atoms with Gasteiger partial charge in [0.2, 0.25) is 16.8 Å². The molecule has 7 rings (SSSR count). The van der Waals surface area contributed by atoms with Gasteiger partial charge in [-0.1, -0.05) is 38.1 Å². The molecule has 14 heteroatoms. The average Bonchev–Trinajstić information content (AvgIpc) is 3.97. The number of ether oxygens (including phenoxy) is 6. The molecule has 5 atom stereocenters. The topological polar surface area (TPSA) is 145 Å². The largest absolute Gasteiger partial charge is 0.457 e. The number of sulfonamides is 1. The van der Waals surface area contributed by atoms with Crippen LogP contribution in [0.25, 0.3) is 0 Å². The third kappa shape index (κ3) is 9.25. The predicted octanol–water partition coefficient (Wildman–Crippen LogP) is 4.91. The van der Waals surface area contributed by atoms with Gasteiger partial charge in [0, 0.05) is 25.7 Å². The quantitative estimate of drug-likeness (QED) is 0.219. The molecule has 0 radical (unpaired) electrons. The summed E-state index contributed by atoms with van der Waals surface area (Å²) in [5.41, 5.74) is 2.04. The molecule has 3 aromatic rings. The van der Waals surface area contributed by atoms with Crippen molar-refractivity contribution in [1.82, 2.24) is 14.5 Å². The first kappa shape index (κ1) is 37.4. The Balaban J connectivity index is 1.05. The molecular formula is C39H49N3O10S. The lowest BCUT2D eigenvalue weighted by atomic mass is 10.0. The second-order valence-corrected chi connectivity index (χ2v) is 16.5. The van der Waals surface area contributed by atoms with Crippen molar-refractivity contribution in [3.8, 4) is 23.0 Å². The van der Waals surface area contributed by atoms with Gasteiger partial charge in [0.1, 0.15) is 17.6 Å². The Labute approximate surface area is 311 Å².